The summed E-state index contributed by atoms with van der Waals surface area (Å²) in [6.07, 6.45) is 0. The molecule has 0 bridgehead atoms. The molecule has 2 aromatic rings. The molecule has 0 heterocycles. The molecule has 0 saturated heterocycles. The fourth-order valence-electron chi connectivity index (χ4n) is 1.77. The third-order valence-corrected chi connectivity index (χ3v) is 4.35. The van der Waals surface area contributed by atoms with E-state index in [1.807, 2.05) is 30.3 Å². The summed E-state index contributed by atoms with van der Waals surface area (Å²) in [5.41, 5.74) is 1.73. The predicted octanol–water partition coefficient (Wildman–Crippen LogP) is 2.62. The van der Waals surface area contributed by atoms with Crippen molar-refractivity contribution in [3.8, 4) is 5.75 Å². The van der Waals surface area contributed by atoms with E-state index < -0.39 is 15.3 Å². The maximum atomic E-state index is 11.3. The summed E-state index contributed by atoms with van der Waals surface area (Å²) < 4.78 is 28.2. The van der Waals surface area contributed by atoms with Gasteiger partial charge < -0.3 is 4.74 Å². The van der Waals surface area contributed by atoms with Crippen molar-refractivity contribution in [2.24, 2.45) is 5.14 Å². The first-order valence-electron chi connectivity index (χ1n) is 6.25. The Morgan fingerprint density at radius 2 is 1.65 bits per heavy atom. The summed E-state index contributed by atoms with van der Waals surface area (Å²) in [5.74, 6) is 0.694. The van der Waals surface area contributed by atoms with Crippen LogP contribution >= 0.6 is 0 Å². The number of ether oxygens (including phenoxy) is 1. The highest BCUT2D eigenvalue weighted by molar-refractivity contribution is 7.89. The van der Waals surface area contributed by atoms with Gasteiger partial charge in [0.15, 0.2) is 0 Å². The molecule has 20 heavy (non-hydrogen) atoms. The van der Waals surface area contributed by atoms with Crippen molar-refractivity contribution < 1.29 is 13.2 Å². The summed E-state index contributed by atoms with van der Waals surface area (Å²) in [4.78, 5) is 0. The Morgan fingerprint density at radius 3 is 2.20 bits per heavy atom. The third-order valence-electron chi connectivity index (χ3n) is 3.09. The van der Waals surface area contributed by atoms with Crippen molar-refractivity contribution in [3.05, 3.63) is 65.7 Å². The Kier molecular flexibility index (Phi) is 4.42. The van der Waals surface area contributed by atoms with Crippen molar-refractivity contribution in [2.45, 2.75) is 18.8 Å². The molecule has 1 unspecified atom stereocenters. The molecule has 0 fully saturated rings. The van der Waals surface area contributed by atoms with Crippen LogP contribution in [0.1, 0.15) is 23.3 Å². The molecular weight excluding hydrogens is 274 g/mol. The highest BCUT2D eigenvalue weighted by Crippen LogP contribution is 2.22. The maximum absolute atomic E-state index is 11.3. The number of rotatable bonds is 5. The smallest absolute Gasteiger partial charge is 0.215 e. The van der Waals surface area contributed by atoms with Gasteiger partial charge in [-0.2, -0.15) is 0 Å². The molecule has 0 aliphatic heterocycles. The number of primary sulfonamides is 1. The van der Waals surface area contributed by atoms with E-state index in [9.17, 15) is 8.42 Å². The minimum atomic E-state index is -3.56. The molecule has 1 atom stereocenters. The summed E-state index contributed by atoms with van der Waals surface area (Å²) in [5, 5.41) is 4.41. The highest BCUT2D eigenvalue weighted by atomic mass is 32.2. The van der Waals surface area contributed by atoms with Gasteiger partial charge >= 0.3 is 0 Å². The van der Waals surface area contributed by atoms with Crippen molar-refractivity contribution in [2.75, 3.05) is 0 Å². The summed E-state index contributed by atoms with van der Waals surface area (Å²) in [6.45, 7) is 2.04. The average Bonchev–Trinajstić information content (AvgIpc) is 2.45. The first-order valence-corrected chi connectivity index (χ1v) is 7.86. The minimum absolute atomic E-state index is 0.477. The fourth-order valence-corrected chi connectivity index (χ4v) is 2.30. The number of hydrogen-bond donors (Lipinski definition) is 1. The summed E-state index contributed by atoms with van der Waals surface area (Å²) in [6, 6.07) is 16.8. The lowest BCUT2D eigenvalue weighted by atomic mass is 10.1. The lowest BCUT2D eigenvalue weighted by molar-refractivity contribution is 0.306. The van der Waals surface area contributed by atoms with E-state index >= 15 is 0 Å². The molecule has 0 radical (unpaired) electrons. The first kappa shape index (κ1) is 14.6. The van der Waals surface area contributed by atoms with Gasteiger partial charge in [0.05, 0.1) is 5.25 Å². The monoisotopic (exact) mass is 291 g/mol. The van der Waals surface area contributed by atoms with Crippen LogP contribution in [0.2, 0.25) is 0 Å². The Balaban J connectivity index is 2.02. The molecule has 2 N–H and O–H groups in total. The first-order chi connectivity index (χ1) is 9.47. The molecule has 0 aromatic heterocycles. The van der Waals surface area contributed by atoms with E-state index in [1.165, 1.54) is 0 Å². The van der Waals surface area contributed by atoms with Gasteiger partial charge in [0, 0.05) is 0 Å². The van der Waals surface area contributed by atoms with Crippen molar-refractivity contribution >= 4 is 10.0 Å². The van der Waals surface area contributed by atoms with Crippen LogP contribution in [0.3, 0.4) is 0 Å². The zero-order chi connectivity index (χ0) is 14.6. The normalized spacial score (nSPS) is 12.9. The van der Waals surface area contributed by atoms with Crippen molar-refractivity contribution in [1.29, 1.82) is 0 Å². The molecule has 0 aliphatic carbocycles. The molecule has 4 nitrogen and oxygen atoms in total. The predicted molar refractivity (Wildman–Crippen MR) is 78.7 cm³/mol. The van der Waals surface area contributed by atoms with Gasteiger partial charge in [-0.1, -0.05) is 42.5 Å². The second kappa shape index (κ2) is 6.07. The summed E-state index contributed by atoms with van der Waals surface area (Å²) in [7, 11) is -3.56. The molecule has 5 heteroatoms. The van der Waals surface area contributed by atoms with Crippen LogP contribution in [-0.2, 0) is 16.6 Å². The zero-order valence-electron chi connectivity index (χ0n) is 11.2. The van der Waals surface area contributed by atoms with Gasteiger partial charge in [-0.15, -0.1) is 0 Å². The van der Waals surface area contributed by atoms with Gasteiger partial charge in [-0.05, 0) is 30.2 Å². The van der Waals surface area contributed by atoms with Crippen molar-refractivity contribution in [3.63, 3.8) is 0 Å². The molecule has 0 amide bonds. The Labute approximate surface area is 119 Å². The largest absolute Gasteiger partial charge is 0.489 e. The number of hydrogen-bond acceptors (Lipinski definition) is 3. The van der Waals surface area contributed by atoms with E-state index in [0.29, 0.717) is 17.9 Å². The van der Waals surface area contributed by atoms with E-state index in [4.69, 9.17) is 9.88 Å². The van der Waals surface area contributed by atoms with Crippen LogP contribution in [-0.4, -0.2) is 8.42 Å². The molecule has 0 aliphatic rings. The molecular formula is C15H17NO3S. The SMILES string of the molecule is CC(c1ccc(OCc2ccccc2)cc1)S(N)(=O)=O. The topological polar surface area (TPSA) is 69.4 Å². The Hall–Kier alpha value is -1.85. The third kappa shape index (κ3) is 3.82. The molecule has 0 spiro atoms. The van der Waals surface area contributed by atoms with Crippen LogP contribution in [0.4, 0.5) is 0 Å². The van der Waals surface area contributed by atoms with Gasteiger partial charge in [-0.25, -0.2) is 13.6 Å². The van der Waals surface area contributed by atoms with E-state index in [-0.39, 0.29) is 0 Å². The van der Waals surface area contributed by atoms with E-state index in [1.54, 1.807) is 31.2 Å². The molecule has 2 aromatic carbocycles. The number of sulfonamides is 1. The lowest BCUT2D eigenvalue weighted by Crippen LogP contribution is -2.19. The standard InChI is InChI=1S/C15H17NO3S/c1-12(20(16,17)18)14-7-9-15(10-8-14)19-11-13-5-3-2-4-6-13/h2-10,12H,11H2,1H3,(H2,16,17,18). The number of benzene rings is 2. The van der Waals surface area contributed by atoms with Gasteiger partial charge in [0.25, 0.3) is 0 Å². The Morgan fingerprint density at radius 1 is 1.05 bits per heavy atom. The molecule has 106 valence electrons. The molecule has 2 rings (SSSR count). The van der Waals surface area contributed by atoms with Crippen LogP contribution < -0.4 is 9.88 Å². The second-order valence-corrected chi connectivity index (χ2v) is 6.46. The number of nitrogens with two attached hydrogens (primary N) is 1. The van der Waals surface area contributed by atoms with Crippen LogP contribution in [0.15, 0.2) is 54.6 Å². The van der Waals surface area contributed by atoms with Gasteiger partial charge in [0.1, 0.15) is 12.4 Å². The fraction of sp³-hybridized carbons (Fsp3) is 0.200. The Bertz CT molecular complexity index is 651. The van der Waals surface area contributed by atoms with Crippen LogP contribution in [0.5, 0.6) is 5.75 Å². The van der Waals surface area contributed by atoms with Crippen molar-refractivity contribution in [1.82, 2.24) is 0 Å². The average molecular weight is 291 g/mol. The minimum Gasteiger partial charge on any atom is -0.489 e. The summed E-state index contributed by atoms with van der Waals surface area (Å²) >= 11 is 0. The second-order valence-electron chi connectivity index (χ2n) is 4.57. The molecule has 0 saturated carbocycles. The zero-order valence-corrected chi connectivity index (χ0v) is 12.0. The van der Waals surface area contributed by atoms with Crippen LogP contribution in [0.25, 0.3) is 0 Å². The van der Waals surface area contributed by atoms with Crippen LogP contribution in [0, 0.1) is 0 Å². The van der Waals surface area contributed by atoms with Gasteiger partial charge in [0.2, 0.25) is 10.0 Å². The maximum Gasteiger partial charge on any atom is 0.215 e. The lowest BCUT2D eigenvalue weighted by Gasteiger charge is -2.11. The quantitative estimate of drug-likeness (QED) is 0.920. The van der Waals surface area contributed by atoms with Gasteiger partial charge in [-0.3, -0.25) is 0 Å². The van der Waals surface area contributed by atoms with E-state index in [0.717, 1.165) is 5.56 Å². The van der Waals surface area contributed by atoms with E-state index in [2.05, 4.69) is 0 Å². The highest BCUT2D eigenvalue weighted by Gasteiger charge is 2.17.